The number of halogens is 1. The molecule has 3 atom stereocenters. The Bertz CT molecular complexity index is 951. The summed E-state index contributed by atoms with van der Waals surface area (Å²) in [5, 5.41) is 11.4. The summed E-state index contributed by atoms with van der Waals surface area (Å²) in [5.41, 5.74) is 0.993. The van der Waals surface area contributed by atoms with E-state index in [-0.39, 0.29) is 22.6 Å². The van der Waals surface area contributed by atoms with Crippen molar-refractivity contribution in [2.24, 2.45) is 17.3 Å². The monoisotopic (exact) mass is 474 g/mol. The fourth-order valence-corrected chi connectivity index (χ4v) is 4.66. The van der Waals surface area contributed by atoms with Gasteiger partial charge in [0.05, 0.1) is 6.04 Å². The van der Waals surface area contributed by atoms with Gasteiger partial charge in [-0.05, 0) is 55.1 Å². The molecule has 1 amide bonds. The van der Waals surface area contributed by atoms with E-state index in [9.17, 15) is 9.59 Å². The van der Waals surface area contributed by atoms with Gasteiger partial charge in [0.15, 0.2) is 11.5 Å². The van der Waals surface area contributed by atoms with Crippen LogP contribution in [0.2, 0.25) is 0 Å². The number of hydrogen-bond donors (Lipinski definition) is 2. The summed E-state index contributed by atoms with van der Waals surface area (Å²) < 4.78 is 0.894. The van der Waals surface area contributed by atoms with Crippen LogP contribution >= 0.6 is 15.9 Å². The number of carbonyl (C=O) groups excluding carboxylic acids is 1. The van der Waals surface area contributed by atoms with Crippen LogP contribution in [0.3, 0.4) is 0 Å². The zero-order chi connectivity index (χ0) is 21.9. The Morgan fingerprint density at radius 2 is 2.07 bits per heavy atom. The van der Waals surface area contributed by atoms with E-state index in [4.69, 9.17) is 0 Å². The maximum atomic E-state index is 12.7. The first-order valence-corrected chi connectivity index (χ1v) is 11.5. The molecule has 2 aromatic rings. The van der Waals surface area contributed by atoms with Gasteiger partial charge in [0.25, 0.3) is 5.56 Å². The zero-order valence-electron chi connectivity index (χ0n) is 18.2. The fraction of sp³-hybridized carbons (Fsp3) is 0.565. The van der Waals surface area contributed by atoms with Gasteiger partial charge in [-0.3, -0.25) is 9.59 Å². The summed E-state index contributed by atoms with van der Waals surface area (Å²) in [6.07, 6.45) is 4.45. The number of hydrogen-bond acceptors (Lipinski definition) is 4. The average Bonchev–Trinajstić information content (AvgIpc) is 3.15. The molecule has 1 aliphatic carbocycles. The van der Waals surface area contributed by atoms with Crippen molar-refractivity contribution < 1.29 is 4.79 Å². The molecule has 0 aliphatic heterocycles. The number of aromatic nitrogens is 3. The van der Waals surface area contributed by atoms with Crippen molar-refractivity contribution in [2.75, 3.05) is 0 Å². The van der Waals surface area contributed by atoms with Gasteiger partial charge < -0.3 is 10.3 Å². The Hall–Kier alpha value is -2.02. The topological polar surface area (TPSA) is 87.7 Å². The summed E-state index contributed by atoms with van der Waals surface area (Å²) in [6, 6.07) is 7.06. The highest BCUT2D eigenvalue weighted by atomic mass is 79.9. The van der Waals surface area contributed by atoms with Crippen LogP contribution in [0.4, 0.5) is 0 Å². The first-order valence-electron chi connectivity index (χ1n) is 10.7. The number of aromatic amines is 1. The summed E-state index contributed by atoms with van der Waals surface area (Å²) >= 11 is 3.42. The molecule has 2 N–H and O–H groups in total. The summed E-state index contributed by atoms with van der Waals surface area (Å²) in [4.78, 5) is 28.1. The number of amides is 1. The molecule has 3 rings (SSSR count). The second-order valence-corrected chi connectivity index (χ2v) is 10.3. The predicted octanol–water partition coefficient (Wildman–Crippen LogP) is 5.01. The van der Waals surface area contributed by atoms with Gasteiger partial charge in [-0.1, -0.05) is 55.8 Å². The van der Waals surface area contributed by atoms with Crippen molar-refractivity contribution in [1.82, 2.24) is 20.5 Å². The van der Waals surface area contributed by atoms with Gasteiger partial charge in [-0.2, -0.15) is 0 Å². The zero-order valence-corrected chi connectivity index (χ0v) is 19.8. The van der Waals surface area contributed by atoms with Crippen LogP contribution in [-0.4, -0.2) is 21.1 Å². The maximum Gasteiger partial charge on any atom is 0.275 e. The standard InChI is InChI=1S/C23H31BrN4O2/c1-5-18(25-19(29)12-14-9-10-16(11-14)23(2,3)4)20-22(30)26-21(28-27-20)15-7-6-8-17(24)13-15/h6-8,13-14,16,18H,5,9-12H2,1-4H3,(H,25,29)(H,26,28,30). The average molecular weight is 475 g/mol. The van der Waals surface area contributed by atoms with Crippen molar-refractivity contribution in [3.63, 3.8) is 0 Å². The van der Waals surface area contributed by atoms with E-state index in [1.165, 1.54) is 6.42 Å². The number of carbonyl (C=O) groups is 1. The highest BCUT2D eigenvalue weighted by Crippen LogP contribution is 2.43. The van der Waals surface area contributed by atoms with Crippen LogP contribution in [0.1, 0.15) is 71.5 Å². The lowest BCUT2D eigenvalue weighted by molar-refractivity contribution is -0.122. The Labute approximate surface area is 186 Å². The van der Waals surface area contributed by atoms with Crippen molar-refractivity contribution in [3.05, 3.63) is 44.8 Å². The third-order valence-electron chi connectivity index (χ3n) is 6.13. The Balaban J connectivity index is 1.66. The van der Waals surface area contributed by atoms with Crippen LogP contribution in [0, 0.1) is 17.3 Å². The van der Waals surface area contributed by atoms with E-state index in [0.717, 1.165) is 22.9 Å². The molecule has 1 aliphatic rings. The van der Waals surface area contributed by atoms with Crippen LogP contribution in [0.15, 0.2) is 33.5 Å². The maximum absolute atomic E-state index is 12.7. The summed E-state index contributed by atoms with van der Waals surface area (Å²) in [6.45, 7) is 8.75. The molecule has 6 nitrogen and oxygen atoms in total. The van der Waals surface area contributed by atoms with Gasteiger partial charge in [0, 0.05) is 16.5 Å². The Kier molecular flexibility index (Phi) is 7.11. The fourth-order valence-electron chi connectivity index (χ4n) is 4.27. The molecular weight excluding hydrogens is 444 g/mol. The highest BCUT2D eigenvalue weighted by Gasteiger charge is 2.34. The van der Waals surface area contributed by atoms with Crippen molar-refractivity contribution in [1.29, 1.82) is 0 Å². The largest absolute Gasteiger partial charge is 0.347 e. The van der Waals surface area contributed by atoms with Gasteiger partial charge in [-0.25, -0.2) is 0 Å². The molecule has 0 radical (unpaired) electrons. The molecule has 1 fully saturated rings. The van der Waals surface area contributed by atoms with Gasteiger partial charge >= 0.3 is 0 Å². The predicted molar refractivity (Wildman–Crippen MR) is 122 cm³/mol. The second-order valence-electron chi connectivity index (χ2n) is 9.37. The van der Waals surface area contributed by atoms with Gasteiger partial charge in [0.1, 0.15) is 0 Å². The molecule has 7 heteroatoms. The smallest absolute Gasteiger partial charge is 0.275 e. The first-order chi connectivity index (χ1) is 14.2. The molecule has 0 bridgehead atoms. The minimum absolute atomic E-state index is 0.0151. The minimum Gasteiger partial charge on any atom is -0.347 e. The lowest BCUT2D eigenvalue weighted by Crippen LogP contribution is -2.34. The number of nitrogens with zero attached hydrogens (tertiary/aromatic N) is 2. The molecular formula is C23H31BrN4O2. The molecule has 0 spiro atoms. The third kappa shape index (κ3) is 5.56. The van der Waals surface area contributed by atoms with Crippen LogP contribution in [0.5, 0.6) is 0 Å². The SMILES string of the molecule is CCC(NC(=O)CC1CCC(C(C)(C)C)C1)c1nnc(-c2cccc(Br)c2)[nH]c1=O. The molecule has 0 saturated heterocycles. The van der Waals surface area contributed by atoms with E-state index < -0.39 is 6.04 Å². The molecule has 1 heterocycles. The number of rotatable bonds is 6. The molecule has 30 heavy (non-hydrogen) atoms. The molecule has 162 valence electrons. The second kappa shape index (κ2) is 9.41. The van der Waals surface area contributed by atoms with E-state index in [1.54, 1.807) is 0 Å². The van der Waals surface area contributed by atoms with Crippen molar-refractivity contribution in [2.45, 2.75) is 65.8 Å². The lowest BCUT2D eigenvalue weighted by atomic mass is 9.79. The van der Waals surface area contributed by atoms with Crippen LogP contribution in [0.25, 0.3) is 11.4 Å². The minimum atomic E-state index is -0.440. The number of benzene rings is 1. The van der Waals surface area contributed by atoms with Crippen molar-refractivity contribution in [3.8, 4) is 11.4 Å². The van der Waals surface area contributed by atoms with Crippen LogP contribution < -0.4 is 10.9 Å². The van der Waals surface area contributed by atoms with Gasteiger partial charge in [-0.15, -0.1) is 10.2 Å². The van der Waals surface area contributed by atoms with Gasteiger partial charge in [0.2, 0.25) is 5.91 Å². The Morgan fingerprint density at radius 1 is 1.30 bits per heavy atom. The van der Waals surface area contributed by atoms with E-state index in [0.29, 0.717) is 30.5 Å². The molecule has 1 aromatic carbocycles. The first kappa shape index (κ1) is 22.7. The number of nitrogens with one attached hydrogen (secondary N) is 2. The summed E-state index contributed by atoms with van der Waals surface area (Å²) in [7, 11) is 0. The van der Waals surface area contributed by atoms with Crippen molar-refractivity contribution >= 4 is 21.8 Å². The van der Waals surface area contributed by atoms with E-state index in [1.807, 2.05) is 31.2 Å². The summed E-state index contributed by atoms with van der Waals surface area (Å²) in [5.74, 6) is 1.47. The molecule has 3 unspecified atom stereocenters. The van der Waals surface area contributed by atoms with E-state index in [2.05, 4.69) is 57.2 Å². The third-order valence-corrected chi connectivity index (χ3v) is 6.63. The van der Waals surface area contributed by atoms with E-state index >= 15 is 0 Å². The van der Waals surface area contributed by atoms with Crippen LogP contribution in [-0.2, 0) is 4.79 Å². The lowest BCUT2D eigenvalue weighted by Gasteiger charge is -2.27. The molecule has 1 aromatic heterocycles. The Morgan fingerprint density at radius 3 is 2.67 bits per heavy atom. The quantitative estimate of drug-likeness (QED) is 0.615. The normalized spacial score (nSPS) is 20.2. The molecule has 1 saturated carbocycles. The highest BCUT2D eigenvalue weighted by molar-refractivity contribution is 9.10. The number of H-pyrrole nitrogens is 1.